The van der Waals surface area contributed by atoms with Gasteiger partial charge in [0.25, 0.3) is 11.8 Å². The van der Waals surface area contributed by atoms with E-state index in [-0.39, 0.29) is 35.2 Å². The van der Waals surface area contributed by atoms with E-state index in [4.69, 9.17) is 16.3 Å². The summed E-state index contributed by atoms with van der Waals surface area (Å²) >= 11 is 6.20. The van der Waals surface area contributed by atoms with Crippen LogP contribution in [-0.2, 0) is 27.3 Å². The van der Waals surface area contributed by atoms with Gasteiger partial charge in [-0.3, -0.25) is 14.4 Å². The number of carboxylic acids is 1. The van der Waals surface area contributed by atoms with Crippen molar-refractivity contribution in [1.82, 2.24) is 5.32 Å². The molecule has 2 N–H and O–H groups in total. The second-order valence-corrected chi connectivity index (χ2v) is 8.70. The number of aromatic carboxylic acids is 1. The van der Waals surface area contributed by atoms with E-state index in [1.54, 1.807) is 60.7 Å². The van der Waals surface area contributed by atoms with Crippen molar-refractivity contribution in [3.05, 3.63) is 100 Å². The molecule has 1 heterocycles. The highest BCUT2D eigenvalue weighted by Crippen LogP contribution is 2.31. The number of rotatable bonds is 10. The van der Waals surface area contributed by atoms with Gasteiger partial charge >= 0.3 is 0 Å². The van der Waals surface area contributed by atoms with Crippen LogP contribution in [0.25, 0.3) is 0 Å². The molecular weight excluding hydrogens is 510 g/mol. The van der Waals surface area contributed by atoms with Crippen LogP contribution in [0.2, 0.25) is 0 Å². The van der Waals surface area contributed by atoms with Crippen molar-refractivity contribution in [3.8, 4) is 5.75 Å². The molecule has 3 amide bonds. The van der Waals surface area contributed by atoms with Crippen molar-refractivity contribution in [2.24, 2.45) is 0 Å². The van der Waals surface area contributed by atoms with Gasteiger partial charge in [0, 0.05) is 12.2 Å². The van der Waals surface area contributed by atoms with E-state index < -0.39 is 17.8 Å². The van der Waals surface area contributed by atoms with Crippen LogP contribution in [-0.4, -0.2) is 30.3 Å². The molecular formula is C28H23ClN3O6-. The molecule has 0 atom stereocenters. The summed E-state index contributed by atoms with van der Waals surface area (Å²) in [5.41, 5.74) is 2.40. The third kappa shape index (κ3) is 6.01. The van der Waals surface area contributed by atoms with Gasteiger partial charge in [0.1, 0.15) is 16.5 Å². The van der Waals surface area contributed by atoms with Gasteiger partial charge in [-0.15, -0.1) is 0 Å². The standard InChI is InChI=1S/C28H24ClN3O6/c1-2-38-22-13-11-21(12-14-22)32-26(34)24(29)25(27(32)35)31-20-9-5-17(6-10-20)15-23(33)30-16-18-3-7-19(8-4-18)28(36)37/h3-14,31H,2,15-16H2,1H3,(H,30,33)(H,36,37)/p-1. The minimum absolute atomic E-state index is 0.0410. The average Bonchev–Trinajstić information content (AvgIpc) is 3.12. The molecule has 0 saturated carbocycles. The lowest BCUT2D eigenvalue weighted by Crippen LogP contribution is -2.32. The van der Waals surface area contributed by atoms with Crippen LogP contribution in [0.5, 0.6) is 5.75 Å². The predicted octanol–water partition coefficient (Wildman–Crippen LogP) is 2.74. The quantitative estimate of drug-likeness (QED) is 0.384. The van der Waals surface area contributed by atoms with E-state index in [0.29, 0.717) is 23.7 Å². The van der Waals surface area contributed by atoms with Crippen LogP contribution in [0.1, 0.15) is 28.4 Å². The Morgan fingerprint density at radius 3 is 2.13 bits per heavy atom. The van der Waals surface area contributed by atoms with Crippen molar-refractivity contribution >= 4 is 46.7 Å². The fourth-order valence-electron chi connectivity index (χ4n) is 3.76. The summed E-state index contributed by atoms with van der Waals surface area (Å²) < 4.78 is 5.39. The molecule has 4 rings (SSSR count). The monoisotopic (exact) mass is 532 g/mol. The third-order valence-electron chi connectivity index (χ3n) is 5.70. The molecule has 0 saturated heterocycles. The van der Waals surface area contributed by atoms with E-state index in [0.717, 1.165) is 16.0 Å². The summed E-state index contributed by atoms with van der Waals surface area (Å²) in [6.45, 7) is 2.60. The maximum atomic E-state index is 13.0. The SMILES string of the molecule is CCOc1ccc(N2C(=O)C(Cl)=C(Nc3ccc(CC(=O)NCc4ccc(C(=O)[O-])cc4)cc3)C2=O)cc1. The number of amides is 3. The average molecular weight is 533 g/mol. The number of benzene rings is 3. The van der Waals surface area contributed by atoms with Crippen LogP contribution in [0.3, 0.4) is 0 Å². The van der Waals surface area contributed by atoms with E-state index in [1.165, 1.54) is 12.1 Å². The first-order valence-electron chi connectivity index (χ1n) is 11.7. The summed E-state index contributed by atoms with van der Waals surface area (Å²) in [5, 5.41) is 16.3. The second-order valence-electron chi connectivity index (χ2n) is 8.32. The molecule has 0 unspecified atom stereocenters. The molecule has 0 aliphatic carbocycles. The van der Waals surface area contributed by atoms with Crippen LogP contribution < -0.4 is 25.4 Å². The summed E-state index contributed by atoms with van der Waals surface area (Å²) in [6.07, 6.45) is 0.115. The number of hydrogen-bond donors (Lipinski definition) is 2. The minimum atomic E-state index is -1.26. The highest BCUT2D eigenvalue weighted by atomic mass is 35.5. The lowest BCUT2D eigenvalue weighted by Gasteiger charge is -2.15. The Balaban J connectivity index is 1.34. The van der Waals surface area contributed by atoms with Gasteiger partial charge in [-0.1, -0.05) is 48.0 Å². The molecule has 0 aromatic heterocycles. The summed E-state index contributed by atoms with van der Waals surface area (Å²) in [7, 11) is 0. The zero-order chi connectivity index (χ0) is 27.2. The number of carbonyl (C=O) groups is 4. The summed E-state index contributed by atoms with van der Waals surface area (Å²) in [4.78, 5) is 49.8. The maximum Gasteiger partial charge on any atom is 0.283 e. The first-order chi connectivity index (χ1) is 18.3. The number of imide groups is 1. The molecule has 3 aromatic rings. The molecule has 194 valence electrons. The molecule has 1 aliphatic rings. The Morgan fingerprint density at radius 2 is 1.53 bits per heavy atom. The van der Waals surface area contributed by atoms with Crippen molar-refractivity contribution in [1.29, 1.82) is 0 Å². The Kier molecular flexibility index (Phi) is 8.08. The number of hydrogen-bond acceptors (Lipinski definition) is 7. The summed E-state index contributed by atoms with van der Waals surface area (Å²) in [6, 6.07) is 19.4. The summed E-state index contributed by atoms with van der Waals surface area (Å²) in [5.74, 6) is -2.08. The lowest BCUT2D eigenvalue weighted by atomic mass is 10.1. The lowest BCUT2D eigenvalue weighted by molar-refractivity contribution is -0.255. The molecule has 0 radical (unpaired) electrons. The Labute approximate surface area is 223 Å². The molecule has 0 fully saturated rings. The number of nitrogens with one attached hydrogen (secondary N) is 2. The number of carboxylic acid groups (broad SMARTS) is 1. The number of nitrogens with zero attached hydrogens (tertiary/aromatic N) is 1. The molecule has 1 aliphatic heterocycles. The zero-order valence-electron chi connectivity index (χ0n) is 20.3. The van der Waals surface area contributed by atoms with Gasteiger partial charge in [-0.2, -0.15) is 0 Å². The zero-order valence-corrected chi connectivity index (χ0v) is 21.1. The predicted molar refractivity (Wildman–Crippen MR) is 139 cm³/mol. The molecule has 0 spiro atoms. The molecule has 0 bridgehead atoms. The Bertz CT molecular complexity index is 1400. The largest absolute Gasteiger partial charge is 0.545 e. The maximum absolute atomic E-state index is 13.0. The number of anilines is 2. The van der Waals surface area contributed by atoms with Gasteiger partial charge in [-0.05, 0) is 60.0 Å². The van der Waals surface area contributed by atoms with Gasteiger partial charge in [0.2, 0.25) is 5.91 Å². The number of carbonyl (C=O) groups excluding carboxylic acids is 4. The van der Waals surface area contributed by atoms with Crippen LogP contribution >= 0.6 is 11.6 Å². The second kappa shape index (κ2) is 11.6. The van der Waals surface area contributed by atoms with Crippen molar-refractivity contribution in [2.45, 2.75) is 19.9 Å². The van der Waals surface area contributed by atoms with Crippen molar-refractivity contribution in [3.63, 3.8) is 0 Å². The first kappa shape index (κ1) is 26.4. The highest BCUT2D eigenvalue weighted by molar-refractivity contribution is 6.53. The van der Waals surface area contributed by atoms with Crippen LogP contribution in [0.4, 0.5) is 11.4 Å². The van der Waals surface area contributed by atoms with E-state index >= 15 is 0 Å². The van der Waals surface area contributed by atoms with Crippen molar-refractivity contribution in [2.75, 3.05) is 16.8 Å². The topological polar surface area (TPSA) is 128 Å². The Hall–Kier alpha value is -4.63. The van der Waals surface area contributed by atoms with Gasteiger partial charge < -0.3 is 25.3 Å². The smallest absolute Gasteiger partial charge is 0.283 e. The molecule has 38 heavy (non-hydrogen) atoms. The van der Waals surface area contributed by atoms with Gasteiger partial charge in [0.15, 0.2) is 0 Å². The van der Waals surface area contributed by atoms with Crippen molar-refractivity contribution < 1.29 is 29.0 Å². The molecule has 10 heteroatoms. The minimum Gasteiger partial charge on any atom is -0.545 e. The van der Waals surface area contributed by atoms with E-state index in [2.05, 4.69) is 10.6 Å². The number of ether oxygens (including phenoxy) is 1. The van der Waals surface area contributed by atoms with Crippen LogP contribution in [0.15, 0.2) is 83.5 Å². The normalized spacial score (nSPS) is 13.1. The van der Waals surface area contributed by atoms with E-state index in [9.17, 15) is 24.3 Å². The number of halogens is 1. The van der Waals surface area contributed by atoms with Crippen LogP contribution in [0, 0.1) is 0 Å². The van der Waals surface area contributed by atoms with E-state index in [1.807, 2.05) is 6.92 Å². The first-order valence-corrected chi connectivity index (χ1v) is 12.1. The fraction of sp³-hybridized carbons (Fsp3) is 0.143. The molecule has 3 aromatic carbocycles. The van der Waals surface area contributed by atoms with Gasteiger partial charge in [-0.25, -0.2) is 4.90 Å². The molecule has 9 nitrogen and oxygen atoms in total. The third-order valence-corrected chi connectivity index (χ3v) is 6.05. The fourth-order valence-corrected chi connectivity index (χ4v) is 3.97. The highest BCUT2D eigenvalue weighted by Gasteiger charge is 2.38. The van der Waals surface area contributed by atoms with Gasteiger partial charge in [0.05, 0.1) is 24.7 Å². The Morgan fingerprint density at radius 1 is 0.895 bits per heavy atom.